The molecule has 3 rings (SSSR count). The van der Waals surface area contributed by atoms with Crippen LogP contribution < -0.4 is 10.1 Å². The van der Waals surface area contributed by atoms with Crippen LogP contribution in [-0.2, 0) is 6.54 Å². The number of nitrogens with zero attached hydrogens (tertiary/aromatic N) is 1. The van der Waals surface area contributed by atoms with Gasteiger partial charge in [0, 0.05) is 38.1 Å². The molecule has 0 aliphatic carbocycles. The highest BCUT2D eigenvalue weighted by molar-refractivity contribution is 5.91. The van der Waals surface area contributed by atoms with Crippen LogP contribution in [0.25, 0.3) is 10.8 Å². The van der Waals surface area contributed by atoms with Gasteiger partial charge in [-0.25, -0.2) is 0 Å². The van der Waals surface area contributed by atoms with Crippen LogP contribution in [0.15, 0.2) is 36.4 Å². The zero-order valence-electron chi connectivity index (χ0n) is 12.8. The second-order valence-corrected chi connectivity index (χ2v) is 5.64. The van der Waals surface area contributed by atoms with Crippen molar-refractivity contribution in [1.29, 1.82) is 0 Å². The summed E-state index contributed by atoms with van der Waals surface area (Å²) in [6, 6.07) is 13.0. The largest absolute Gasteiger partial charge is 0.493 e. The molecule has 0 unspecified atom stereocenters. The van der Waals surface area contributed by atoms with Crippen molar-refractivity contribution in [3.63, 3.8) is 0 Å². The summed E-state index contributed by atoms with van der Waals surface area (Å²) < 4.78 is 5.89. The molecule has 1 aliphatic rings. The molecule has 2 aromatic rings. The first-order valence-electron chi connectivity index (χ1n) is 7.95. The summed E-state index contributed by atoms with van der Waals surface area (Å²) >= 11 is 0. The molecular formula is C18H24N2O. The summed E-state index contributed by atoms with van der Waals surface area (Å²) in [5.74, 6) is 1.01. The van der Waals surface area contributed by atoms with E-state index in [0.29, 0.717) is 0 Å². The predicted octanol–water partition coefficient (Wildman–Crippen LogP) is 3.03. The van der Waals surface area contributed by atoms with Gasteiger partial charge in [0.2, 0.25) is 0 Å². The third kappa shape index (κ3) is 3.36. The Morgan fingerprint density at radius 3 is 2.57 bits per heavy atom. The first-order valence-corrected chi connectivity index (χ1v) is 7.95. The van der Waals surface area contributed by atoms with Gasteiger partial charge in [0.05, 0.1) is 6.61 Å². The number of rotatable bonds is 5. The zero-order chi connectivity index (χ0) is 14.5. The number of fused-ring (bicyclic) bond motifs is 1. The third-order valence-electron chi connectivity index (χ3n) is 4.04. The summed E-state index contributed by atoms with van der Waals surface area (Å²) in [4.78, 5) is 2.52. The van der Waals surface area contributed by atoms with Crippen molar-refractivity contribution in [2.24, 2.45) is 0 Å². The minimum atomic E-state index is 0.779. The quantitative estimate of drug-likeness (QED) is 0.913. The summed E-state index contributed by atoms with van der Waals surface area (Å²) in [6.45, 7) is 8.38. The molecule has 1 heterocycles. The molecule has 1 fully saturated rings. The fraction of sp³-hybridized carbons (Fsp3) is 0.444. The first-order chi connectivity index (χ1) is 10.4. The smallest absolute Gasteiger partial charge is 0.127 e. The lowest BCUT2D eigenvalue weighted by atomic mass is 10.0. The van der Waals surface area contributed by atoms with Crippen LogP contribution in [0.3, 0.4) is 0 Å². The zero-order valence-corrected chi connectivity index (χ0v) is 12.8. The molecule has 1 saturated heterocycles. The van der Waals surface area contributed by atoms with E-state index in [1.807, 2.05) is 0 Å². The second-order valence-electron chi connectivity index (χ2n) is 5.64. The van der Waals surface area contributed by atoms with E-state index < -0.39 is 0 Å². The monoisotopic (exact) mass is 284 g/mol. The lowest BCUT2D eigenvalue weighted by molar-refractivity contribution is 0.234. The lowest BCUT2D eigenvalue weighted by Gasteiger charge is -2.27. The summed E-state index contributed by atoms with van der Waals surface area (Å²) in [5.41, 5.74) is 1.40. The molecule has 0 spiro atoms. The van der Waals surface area contributed by atoms with E-state index in [4.69, 9.17) is 4.74 Å². The van der Waals surface area contributed by atoms with Gasteiger partial charge in [-0.1, -0.05) is 37.3 Å². The van der Waals surface area contributed by atoms with Gasteiger partial charge in [-0.3, -0.25) is 4.90 Å². The highest BCUT2D eigenvalue weighted by atomic mass is 16.5. The predicted molar refractivity (Wildman–Crippen MR) is 87.9 cm³/mol. The van der Waals surface area contributed by atoms with Gasteiger partial charge in [-0.05, 0) is 23.4 Å². The Labute approximate surface area is 126 Å². The molecule has 3 heteroatoms. The number of piperazine rings is 1. The van der Waals surface area contributed by atoms with Gasteiger partial charge in [0.25, 0.3) is 0 Å². The van der Waals surface area contributed by atoms with Gasteiger partial charge in [0.1, 0.15) is 5.75 Å². The van der Waals surface area contributed by atoms with Crippen molar-refractivity contribution in [3.05, 3.63) is 42.0 Å². The van der Waals surface area contributed by atoms with Gasteiger partial charge in [-0.2, -0.15) is 0 Å². The Bertz CT molecular complexity index is 591. The molecule has 112 valence electrons. The summed E-state index contributed by atoms with van der Waals surface area (Å²) in [6.07, 6.45) is 1.04. The highest BCUT2D eigenvalue weighted by Gasteiger charge is 2.13. The van der Waals surface area contributed by atoms with E-state index in [9.17, 15) is 0 Å². The molecule has 1 aliphatic heterocycles. The minimum absolute atomic E-state index is 0.779. The Morgan fingerprint density at radius 2 is 1.81 bits per heavy atom. The van der Waals surface area contributed by atoms with Crippen LogP contribution in [0.2, 0.25) is 0 Å². The number of hydrogen-bond acceptors (Lipinski definition) is 3. The van der Waals surface area contributed by atoms with Crippen molar-refractivity contribution in [2.75, 3.05) is 32.8 Å². The average molecular weight is 284 g/mol. The van der Waals surface area contributed by atoms with Crippen LogP contribution >= 0.6 is 0 Å². The van der Waals surface area contributed by atoms with E-state index in [2.05, 4.69) is 53.5 Å². The Balaban J connectivity index is 1.88. The number of hydrogen-bond donors (Lipinski definition) is 1. The molecule has 1 N–H and O–H groups in total. The van der Waals surface area contributed by atoms with Crippen molar-refractivity contribution < 1.29 is 4.74 Å². The molecular weight excluding hydrogens is 260 g/mol. The summed E-state index contributed by atoms with van der Waals surface area (Å²) in [5, 5.41) is 5.97. The van der Waals surface area contributed by atoms with E-state index >= 15 is 0 Å². The maximum Gasteiger partial charge on any atom is 0.127 e. The Morgan fingerprint density at radius 1 is 1.05 bits per heavy atom. The molecule has 0 atom stereocenters. The molecule has 0 radical (unpaired) electrons. The SMILES string of the molecule is CCCOc1ccc(CN2CCNCC2)c2ccccc12. The van der Waals surface area contributed by atoms with Crippen LogP contribution in [0.5, 0.6) is 5.75 Å². The van der Waals surface area contributed by atoms with Gasteiger partial charge < -0.3 is 10.1 Å². The van der Waals surface area contributed by atoms with E-state index in [1.54, 1.807) is 0 Å². The van der Waals surface area contributed by atoms with Gasteiger partial charge in [0.15, 0.2) is 0 Å². The molecule has 0 amide bonds. The molecule has 3 nitrogen and oxygen atoms in total. The normalized spacial score (nSPS) is 16.2. The maximum atomic E-state index is 5.89. The van der Waals surface area contributed by atoms with Crippen molar-refractivity contribution in [1.82, 2.24) is 10.2 Å². The van der Waals surface area contributed by atoms with Crippen molar-refractivity contribution in [2.45, 2.75) is 19.9 Å². The first kappa shape index (κ1) is 14.4. The van der Waals surface area contributed by atoms with Crippen molar-refractivity contribution >= 4 is 10.8 Å². The average Bonchev–Trinajstić information content (AvgIpc) is 2.55. The molecule has 2 aromatic carbocycles. The van der Waals surface area contributed by atoms with E-state index in [0.717, 1.165) is 51.5 Å². The maximum absolute atomic E-state index is 5.89. The third-order valence-corrected chi connectivity index (χ3v) is 4.04. The van der Waals surface area contributed by atoms with Crippen LogP contribution in [0.1, 0.15) is 18.9 Å². The fourth-order valence-electron chi connectivity index (χ4n) is 2.92. The standard InChI is InChI=1S/C18H24N2O/c1-2-13-21-18-8-7-15(14-20-11-9-19-10-12-20)16-5-3-4-6-17(16)18/h3-8,19H,2,9-14H2,1H3. The van der Waals surface area contributed by atoms with Gasteiger partial charge in [-0.15, -0.1) is 0 Å². The number of benzene rings is 2. The number of nitrogens with one attached hydrogen (secondary N) is 1. The summed E-state index contributed by atoms with van der Waals surface area (Å²) in [7, 11) is 0. The Kier molecular flexibility index (Phi) is 4.73. The minimum Gasteiger partial charge on any atom is -0.493 e. The topological polar surface area (TPSA) is 24.5 Å². The van der Waals surface area contributed by atoms with Gasteiger partial charge >= 0.3 is 0 Å². The lowest BCUT2D eigenvalue weighted by Crippen LogP contribution is -2.42. The molecule has 0 saturated carbocycles. The fourth-order valence-corrected chi connectivity index (χ4v) is 2.92. The van der Waals surface area contributed by atoms with Crippen molar-refractivity contribution in [3.8, 4) is 5.75 Å². The highest BCUT2D eigenvalue weighted by Crippen LogP contribution is 2.29. The Hall–Kier alpha value is -1.58. The number of ether oxygens (including phenoxy) is 1. The molecule has 0 bridgehead atoms. The van der Waals surface area contributed by atoms with E-state index in [1.165, 1.54) is 16.3 Å². The molecule has 0 aromatic heterocycles. The van der Waals surface area contributed by atoms with Crippen LogP contribution in [0.4, 0.5) is 0 Å². The molecule has 21 heavy (non-hydrogen) atoms. The van der Waals surface area contributed by atoms with E-state index in [-0.39, 0.29) is 0 Å². The van der Waals surface area contributed by atoms with Crippen LogP contribution in [0, 0.1) is 0 Å². The van der Waals surface area contributed by atoms with Crippen LogP contribution in [-0.4, -0.2) is 37.7 Å². The second kappa shape index (κ2) is 6.92.